The molecule has 2 aromatic rings. The first kappa shape index (κ1) is 17.8. The summed E-state index contributed by atoms with van der Waals surface area (Å²) < 4.78 is 0.809. The molecule has 8 heteroatoms. The first-order chi connectivity index (χ1) is 12.3. The fraction of sp³-hybridized carbons (Fsp3) is 0.111. The minimum atomic E-state index is -0.859. The SMILES string of the molecule is CC(=O)C1=C(O)C(=O)N(c2ccc(Br)cc2)[C@H]1c1ccc([N+](=O)[O-])cc1. The summed E-state index contributed by atoms with van der Waals surface area (Å²) >= 11 is 3.32. The van der Waals surface area contributed by atoms with Crippen LogP contribution in [0.1, 0.15) is 18.5 Å². The Morgan fingerprint density at radius 3 is 2.23 bits per heavy atom. The number of carbonyl (C=O) groups is 2. The third-order valence-corrected chi connectivity index (χ3v) is 4.64. The molecule has 0 spiro atoms. The second-order valence-corrected chi connectivity index (χ2v) is 6.64. The fourth-order valence-electron chi connectivity index (χ4n) is 2.93. The van der Waals surface area contributed by atoms with E-state index in [9.17, 15) is 24.8 Å². The van der Waals surface area contributed by atoms with Gasteiger partial charge in [-0.2, -0.15) is 0 Å². The molecule has 1 N–H and O–H groups in total. The number of halogens is 1. The van der Waals surface area contributed by atoms with Crippen LogP contribution in [0.25, 0.3) is 0 Å². The van der Waals surface area contributed by atoms with E-state index in [4.69, 9.17) is 0 Å². The zero-order valence-corrected chi connectivity index (χ0v) is 15.1. The van der Waals surface area contributed by atoms with E-state index in [-0.39, 0.29) is 11.3 Å². The number of hydrogen-bond acceptors (Lipinski definition) is 5. The molecule has 0 aromatic heterocycles. The number of aliphatic hydroxyl groups is 1. The Bertz CT molecular complexity index is 935. The molecule has 0 radical (unpaired) electrons. The Morgan fingerprint density at radius 2 is 1.73 bits per heavy atom. The number of rotatable bonds is 4. The van der Waals surface area contributed by atoms with Crippen LogP contribution in [-0.4, -0.2) is 21.7 Å². The maximum absolute atomic E-state index is 12.6. The van der Waals surface area contributed by atoms with Crippen molar-refractivity contribution in [1.82, 2.24) is 0 Å². The topological polar surface area (TPSA) is 101 Å². The second kappa shape index (κ2) is 6.72. The highest BCUT2D eigenvalue weighted by molar-refractivity contribution is 9.10. The molecule has 1 heterocycles. The van der Waals surface area contributed by atoms with Gasteiger partial charge in [0.25, 0.3) is 11.6 Å². The molecule has 0 saturated heterocycles. The van der Waals surface area contributed by atoms with E-state index in [1.165, 1.54) is 36.1 Å². The van der Waals surface area contributed by atoms with Crippen molar-refractivity contribution >= 4 is 39.0 Å². The Hall–Kier alpha value is -3.00. The number of Topliss-reactive ketones (excluding diaryl/α,β-unsaturated/α-hetero) is 1. The average Bonchev–Trinajstić information content (AvgIpc) is 2.87. The highest BCUT2D eigenvalue weighted by Crippen LogP contribution is 2.41. The maximum atomic E-state index is 12.6. The Kier molecular flexibility index (Phi) is 4.60. The lowest BCUT2D eigenvalue weighted by atomic mass is 9.96. The lowest BCUT2D eigenvalue weighted by molar-refractivity contribution is -0.384. The van der Waals surface area contributed by atoms with E-state index >= 15 is 0 Å². The van der Waals surface area contributed by atoms with Gasteiger partial charge >= 0.3 is 0 Å². The summed E-state index contributed by atoms with van der Waals surface area (Å²) in [6.07, 6.45) is 0. The van der Waals surface area contributed by atoms with Crippen molar-refractivity contribution < 1.29 is 19.6 Å². The smallest absolute Gasteiger partial charge is 0.294 e. The number of nitrogens with zero attached hydrogens (tertiary/aromatic N) is 2. The summed E-state index contributed by atoms with van der Waals surface area (Å²) in [6.45, 7) is 1.27. The van der Waals surface area contributed by atoms with Crippen molar-refractivity contribution in [3.05, 3.63) is 80.0 Å². The maximum Gasteiger partial charge on any atom is 0.294 e. The van der Waals surface area contributed by atoms with Crippen LogP contribution >= 0.6 is 15.9 Å². The molecule has 3 rings (SSSR count). The number of anilines is 1. The molecule has 1 amide bonds. The largest absolute Gasteiger partial charge is 0.503 e. The molecular weight excluding hydrogens is 404 g/mol. The summed E-state index contributed by atoms with van der Waals surface area (Å²) in [7, 11) is 0. The van der Waals surface area contributed by atoms with Gasteiger partial charge in [-0.25, -0.2) is 0 Å². The summed E-state index contributed by atoms with van der Waals surface area (Å²) in [4.78, 5) is 36.3. The van der Waals surface area contributed by atoms with Gasteiger partial charge in [0.2, 0.25) is 0 Å². The number of hydrogen-bond donors (Lipinski definition) is 1. The second-order valence-electron chi connectivity index (χ2n) is 5.72. The molecule has 0 aliphatic carbocycles. The number of nitro benzene ring substituents is 1. The minimum absolute atomic E-state index is 0.0354. The van der Waals surface area contributed by atoms with Crippen molar-refractivity contribution in [2.24, 2.45) is 0 Å². The van der Waals surface area contributed by atoms with Gasteiger partial charge in [-0.15, -0.1) is 0 Å². The number of carbonyl (C=O) groups excluding carboxylic acids is 2. The number of aliphatic hydroxyl groups excluding tert-OH is 1. The van der Waals surface area contributed by atoms with Crippen LogP contribution in [0, 0.1) is 10.1 Å². The fourth-order valence-corrected chi connectivity index (χ4v) is 3.19. The molecule has 0 saturated carbocycles. The van der Waals surface area contributed by atoms with Crippen molar-refractivity contribution in [3.63, 3.8) is 0 Å². The average molecular weight is 417 g/mol. The van der Waals surface area contributed by atoms with Gasteiger partial charge in [-0.1, -0.05) is 15.9 Å². The zero-order chi connectivity index (χ0) is 19.0. The molecular formula is C18H13BrN2O5. The van der Waals surface area contributed by atoms with E-state index in [2.05, 4.69) is 15.9 Å². The zero-order valence-electron chi connectivity index (χ0n) is 13.5. The Labute approximate surface area is 156 Å². The summed E-state index contributed by atoms with van der Waals surface area (Å²) in [5, 5.41) is 21.1. The summed E-state index contributed by atoms with van der Waals surface area (Å²) in [6, 6.07) is 11.5. The standard InChI is InChI=1S/C18H13BrN2O5/c1-10(22)15-16(11-2-6-14(7-3-11)21(25)26)20(18(24)17(15)23)13-8-4-12(19)5-9-13/h2-9,16,23H,1H3/t16-/m0/s1. The van der Waals surface area contributed by atoms with Crippen molar-refractivity contribution in [1.29, 1.82) is 0 Å². The van der Waals surface area contributed by atoms with Crippen molar-refractivity contribution in [2.45, 2.75) is 13.0 Å². The summed E-state index contributed by atoms with van der Waals surface area (Å²) in [5.74, 6) is -1.75. The van der Waals surface area contributed by atoms with Crippen LogP contribution in [0.3, 0.4) is 0 Å². The van der Waals surface area contributed by atoms with Crippen LogP contribution in [-0.2, 0) is 9.59 Å². The van der Waals surface area contributed by atoms with Gasteiger partial charge < -0.3 is 5.11 Å². The van der Waals surface area contributed by atoms with Gasteiger partial charge in [-0.3, -0.25) is 24.6 Å². The molecule has 2 aromatic carbocycles. The van der Waals surface area contributed by atoms with Gasteiger partial charge in [0.05, 0.1) is 16.5 Å². The predicted octanol–water partition coefficient (Wildman–Crippen LogP) is 3.85. The predicted molar refractivity (Wildman–Crippen MR) is 97.8 cm³/mol. The molecule has 1 aliphatic heterocycles. The van der Waals surface area contributed by atoms with Gasteiger partial charge in [0.15, 0.2) is 11.5 Å². The highest BCUT2D eigenvalue weighted by atomic mass is 79.9. The van der Waals surface area contributed by atoms with Crippen LogP contribution in [0.2, 0.25) is 0 Å². The molecule has 1 aliphatic rings. The van der Waals surface area contributed by atoms with Crippen molar-refractivity contribution in [3.8, 4) is 0 Å². The quantitative estimate of drug-likeness (QED) is 0.602. The molecule has 132 valence electrons. The molecule has 7 nitrogen and oxygen atoms in total. The van der Waals surface area contributed by atoms with Gasteiger partial charge in [0, 0.05) is 22.3 Å². The number of ketones is 1. The lowest BCUT2D eigenvalue weighted by Gasteiger charge is -2.26. The number of nitro groups is 1. The Morgan fingerprint density at radius 1 is 1.15 bits per heavy atom. The van der Waals surface area contributed by atoms with E-state index in [0.29, 0.717) is 11.3 Å². The third kappa shape index (κ3) is 2.99. The van der Waals surface area contributed by atoms with E-state index < -0.39 is 28.4 Å². The van der Waals surface area contributed by atoms with Crippen LogP contribution in [0.5, 0.6) is 0 Å². The molecule has 0 fully saturated rings. The molecule has 26 heavy (non-hydrogen) atoms. The lowest BCUT2D eigenvalue weighted by Crippen LogP contribution is -2.30. The van der Waals surface area contributed by atoms with Crippen LogP contribution in [0.4, 0.5) is 11.4 Å². The first-order valence-electron chi connectivity index (χ1n) is 7.59. The van der Waals surface area contributed by atoms with Crippen molar-refractivity contribution in [2.75, 3.05) is 4.90 Å². The van der Waals surface area contributed by atoms with Gasteiger partial charge in [-0.05, 0) is 48.9 Å². The van der Waals surface area contributed by atoms with E-state index in [0.717, 1.165) is 4.47 Å². The van der Waals surface area contributed by atoms with Crippen LogP contribution in [0.15, 0.2) is 64.3 Å². The normalized spacial score (nSPS) is 16.9. The van der Waals surface area contributed by atoms with E-state index in [1.807, 2.05) is 0 Å². The number of non-ortho nitro benzene ring substituents is 1. The Balaban J connectivity index is 2.14. The monoisotopic (exact) mass is 416 g/mol. The third-order valence-electron chi connectivity index (χ3n) is 4.11. The molecule has 1 atom stereocenters. The highest BCUT2D eigenvalue weighted by Gasteiger charge is 2.43. The first-order valence-corrected chi connectivity index (χ1v) is 8.38. The van der Waals surface area contributed by atoms with Crippen LogP contribution < -0.4 is 4.90 Å². The van der Waals surface area contributed by atoms with Gasteiger partial charge in [0.1, 0.15) is 0 Å². The molecule has 0 unspecified atom stereocenters. The molecule has 0 bridgehead atoms. The van der Waals surface area contributed by atoms with E-state index in [1.54, 1.807) is 24.3 Å². The summed E-state index contributed by atoms with van der Waals surface area (Å²) in [5.41, 5.74) is 0.836. The minimum Gasteiger partial charge on any atom is -0.503 e. The number of amides is 1. The number of benzene rings is 2.